The quantitative estimate of drug-likeness (QED) is 0.905. The fraction of sp³-hybridized carbons (Fsp3) is 0.636. The molecule has 2 aliphatic carbocycles. The molecule has 2 fully saturated rings. The number of fused-ring (bicyclic) bond motifs is 2. The first-order valence-corrected chi connectivity index (χ1v) is 10.7. The molecule has 5 rings (SSSR count). The van der Waals surface area contributed by atoms with Crippen molar-refractivity contribution in [2.24, 2.45) is 5.73 Å². The molecule has 144 valence electrons. The summed E-state index contributed by atoms with van der Waals surface area (Å²) < 4.78 is 2.34. The molecule has 1 spiro atoms. The zero-order chi connectivity index (χ0) is 18.4. The van der Waals surface area contributed by atoms with Crippen LogP contribution in [0.5, 0.6) is 0 Å². The molecule has 5 heteroatoms. The van der Waals surface area contributed by atoms with Crippen LogP contribution in [0.2, 0.25) is 0 Å². The molecule has 2 aromatic rings. The number of aromatic nitrogens is 3. The minimum Gasteiger partial charge on any atom is -0.328 e. The van der Waals surface area contributed by atoms with Gasteiger partial charge in [-0.1, -0.05) is 24.3 Å². The minimum absolute atomic E-state index is 0.355. The molecule has 0 unspecified atom stereocenters. The van der Waals surface area contributed by atoms with Crippen LogP contribution >= 0.6 is 0 Å². The Balaban J connectivity index is 1.27. The van der Waals surface area contributed by atoms with Crippen molar-refractivity contribution in [2.45, 2.75) is 75.9 Å². The summed E-state index contributed by atoms with van der Waals surface area (Å²) in [6.45, 7) is 6.41. The molecule has 5 nitrogen and oxygen atoms in total. The van der Waals surface area contributed by atoms with E-state index in [1.54, 1.807) is 11.1 Å². The summed E-state index contributed by atoms with van der Waals surface area (Å²) in [6.07, 6.45) is 7.25. The first-order valence-electron chi connectivity index (χ1n) is 10.7. The lowest BCUT2D eigenvalue weighted by molar-refractivity contribution is 0.147. The van der Waals surface area contributed by atoms with Gasteiger partial charge in [-0.3, -0.25) is 4.90 Å². The van der Waals surface area contributed by atoms with Crippen molar-refractivity contribution in [3.63, 3.8) is 0 Å². The first kappa shape index (κ1) is 17.4. The van der Waals surface area contributed by atoms with Gasteiger partial charge >= 0.3 is 0 Å². The number of nitrogens with two attached hydrogens (primary N) is 1. The molecule has 0 atom stereocenters. The van der Waals surface area contributed by atoms with E-state index in [-0.39, 0.29) is 0 Å². The number of aryl methyl sites for hydroxylation is 1. The van der Waals surface area contributed by atoms with Crippen LogP contribution in [-0.2, 0) is 24.9 Å². The van der Waals surface area contributed by atoms with Crippen molar-refractivity contribution in [1.29, 1.82) is 0 Å². The molecule has 1 aliphatic heterocycles. The van der Waals surface area contributed by atoms with Crippen molar-refractivity contribution in [3.05, 3.63) is 47.0 Å². The molecular formula is C22H31N5. The fourth-order valence-corrected chi connectivity index (χ4v) is 5.61. The number of rotatable bonds is 4. The van der Waals surface area contributed by atoms with Gasteiger partial charge in [0.25, 0.3) is 0 Å². The molecule has 2 N–H and O–H groups in total. The summed E-state index contributed by atoms with van der Waals surface area (Å²) in [5.74, 6) is 2.81. The van der Waals surface area contributed by atoms with E-state index in [0.717, 1.165) is 50.7 Å². The fourth-order valence-electron chi connectivity index (χ4n) is 5.61. The normalized spacial score (nSPS) is 26.9. The Bertz CT molecular complexity index is 812. The van der Waals surface area contributed by atoms with Crippen molar-refractivity contribution < 1.29 is 0 Å². The second-order valence-electron chi connectivity index (χ2n) is 8.86. The average molecular weight is 366 g/mol. The van der Waals surface area contributed by atoms with E-state index in [1.807, 2.05) is 0 Å². The Morgan fingerprint density at radius 2 is 1.89 bits per heavy atom. The van der Waals surface area contributed by atoms with Crippen molar-refractivity contribution in [3.8, 4) is 0 Å². The van der Waals surface area contributed by atoms with Gasteiger partial charge < -0.3 is 10.3 Å². The number of hydrogen-bond acceptors (Lipinski definition) is 4. The minimum atomic E-state index is 0.355. The van der Waals surface area contributed by atoms with Crippen LogP contribution in [0.4, 0.5) is 0 Å². The zero-order valence-electron chi connectivity index (χ0n) is 16.4. The molecule has 1 saturated heterocycles. The van der Waals surface area contributed by atoms with Crippen LogP contribution in [0, 0.1) is 0 Å². The van der Waals surface area contributed by atoms with E-state index in [9.17, 15) is 0 Å². The number of piperidine rings is 1. The van der Waals surface area contributed by atoms with E-state index in [2.05, 4.69) is 50.9 Å². The summed E-state index contributed by atoms with van der Waals surface area (Å²) >= 11 is 0. The molecule has 1 aromatic carbocycles. The highest BCUT2D eigenvalue weighted by Gasteiger charge is 2.41. The smallest absolute Gasteiger partial charge is 0.147 e. The van der Waals surface area contributed by atoms with Crippen LogP contribution in [0.15, 0.2) is 24.3 Å². The van der Waals surface area contributed by atoms with Gasteiger partial charge in [-0.15, -0.1) is 10.2 Å². The molecule has 0 radical (unpaired) electrons. The van der Waals surface area contributed by atoms with Gasteiger partial charge in [0.15, 0.2) is 0 Å². The van der Waals surface area contributed by atoms with Gasteiger partial charge in [0.1, 0.15) is 11.6 Å². The van der Waals surface area contributed by atoms with E-state index < -0.39 is 0 Å². The average Bonchev–Trinajstić information content (AvgIpc) is 3.23. The molecule has 0 bridgehead atoms. The number of nitrogens with zero attached hydrogens (tertiary/aromatic N) is 4. The summed E-state index contributed by atoms with van der Waals surface area (Å²) in [5, 5.41) is 9.10. The standard InChI is InChI=1S/C22H31N5/c1-2-27-20(24-25-21(27)17-13-18(23)14-17)15-26-11-9-22(10-12-26)8-7-16-5-3-4-6-19(16)22/h3-6,17-18H,2,7-15,23H2,1H3. The summed E-state index contributed by atoms with van der Waals surface area (Å²) in [5.41, 5.74) is 9.62. The van der Waals surface area contributed by atoms with Crippen molar-refractivity contribution >= 4 is 0 Å². The molecule has 3 aliphatic rings. The van der Waals surface area contributed by atoms with Crippen LogP contribution in [-0.4, -0.2) is 38.8 Å². The van der Waals surface area contributed by atoms with Crippen molar-refractivity contribution in [2.75, 3.05) is 13.1 Å². The Morgan fingerprint density at radius 1 is 1.11 bits per heavy atom. The summed E-state index contributed by atoms with van der Waals surface area (Å²) in [4.78, 5) is 2.58. The molecule has 0 amide bonds. The predicted molar refractivity (Wildman–Crippen MR) is 107 cm³/mol. The highest BCUT2D eigenvalue weighted by atomic mass is 15.3. The molecule has 1 saturated carbocycles. The Labute approximate surface area is 162 Å². The van der Waals surface area contributed by atoms with Gasteiger partial charge in [0, 0.05) is 18.5 Å². The van der Waals surface area contributed by atoms with E-state index in [0.29, 0.717) is 17.4 Å². The maximum atomic E-state index is 5.98. The van der Waals surface area contributed by atoms with Gasteiger partial charge in [-0.05, 0) is 75.1 Å². The highest BCUT2D eigenvalue weighted by molar-refractivity contribution is 5.39. The molecule has 27 heavy (non-hydrogen) atoms. The maximum absolute atomic E-state index is 5.98. The third-order valence-electron chi connectivity index (χ3n) is 7.35. The first-order chi connectivity index (χ1) is 13.2. The third-order valence-corrected chi connectivity index (χ3v) is 7.35. The number of benzene rings is 1. The number of likely N-dealkylation sites (tertiary alicyclic amines) is 1. The highest BCUT2D eigenvalue weighted by Crippen LogP contribution is 2.46. The Hall–Kier alpha value is -1.72. The topological polar surface area (TPSA) is 60.0 Å². The van der Waals surface area contributed by atoms with E-state index in [4.69, 9.17) is 5.73 Å². The predicted octanol–water partition coefficient (Wildman–Crippen LogP) is 2.98. The van der Waals surface area contributed by atoms with Crippen LogP contribution in [0.25, 0.3) is 0 Å². The van der Waals surface area contributed by atoms with Gasteiger partial charge in [0.05, 0.1) is 6.54 Å². The maximum Gasteiger partial charge on any atom is 0.147 e. The largest absolute Gasteiger partial charge is 0.328 e. The van der Waals surface area contributed by atoms with Gasteiger partial charge in [-0.2, -0.15) is 0 Å². The van der Waals surface area contributed by atoms with E-state index >= 15 is 0 Å². The number of hydrogen-bond donors (Lipinski definition) is 1. The second-order valence-corrected chi connectivity index (χ2v) is 8.86. The molecular weight excluding hydrogens is 334 g/mol. The van der Waals surface area contributed by atoms with E-state index in [1.165, 1.54) is 25.7 Å². The van der Waals surface area contributed by atoms with Gasteiger partial charge in [-0.25, -0.2) is 0 Å². The van der Waals surface area contributed by atoms with Gasteiger partial charge in [0.2, 0.25) is 0 Å². The second kappa shape index (κ2) is 6.71. The third kappa shape index (κ3) is 2.92. The summed E-state index contributed by atoms with van der Waals surface area (Å²) in [6, 6.07) is 9.47. The molecule has 1 aromatic heterocycles. The zero-order valence-corrected chi connectivity index (χ0v) is 16.4. The monoisotopic (exact) mass is 365 g/mol. The Kier molecular flexibility index (Phi) is 4.32. The SMILES string of the molecule is CCn1c(CN2CCC3(CCc4ccccc43)CC2)nnc1C1CC(N)C1. The van der Waals surface area contributed by atoms with Crippen molar-refractivity contribution in [1.82, 2.24) is 19.7 Å². The lowest BCUT2D eigenvalue weighted by Gasteiger charge is -2.40. The molecule has 2 heterocycles. The van der Waals surface area contributed by atoms with Crippen LogP contribution in [0.1, 0.15) is 67.7 Å². The Morgan fingerprint density at radius 3 is 2.63 bits per heavy atom. The van der Waals surface area contributed by atoms with Crippen LogP contribution in [0.3, 0.4) is 0 Å². The lowest BCUT2D eigenvalue weighted by atomic mass is 9.74. The lowest BCUT2D eigenvalue weighted by Crippen LogP contribution is -2.41. The summed E-state index contributed by atoms with van der Waals surface area (Å²) in [7, 11) is 0. The van der Waals surface area contributed by atoms with Crippen LogP contribution < -0.4 is 5.73 Å².